The van der Waals surface area contributed by atoms with Crippen LogP contribution in [0.2, 0.25) is 0 Å². The van der Waals surface area contributed by atoms with E-state index < -0.39 is 5.60 Å². The number of benzene rings is 1. The zero-order chi connectivity index (χ0) is 15.9. The second kappa shape index (κ2) is 7.64. The van der Waals surface area contributed by atoms with E-state index in [1.165, 1.54) is 18.2 Å². The Labute approximate surface area is 126 Å². The number of ether oxygens (including phenoxy) is 1. The van der Waals surface area contributed by atoms with Gasteiger partial charge in [-0.3, -0.25) is 0 Å². The lowest BCUT2D eigenvalue weighted by Gasteiger charge is -2.22. The molecule has 2 nitrogen and oxygen atoms in total. The van der Waals surface area contributed by atoms with Gasteiger partial charge in [-0.15, -0.1) is 6.42 Å². The molecular weight excluding hydrogens is 267 g/mol. The molecule has 1 atom stereocenters. The van der Waals surface area contributed by atoms with Crippen molar-refractivity contribution < 1.29 is 13.9 Å². The molecule has 0 saturated heterocycles. The first-order valence-corrected chi connectivity index (χ1v) is 6.99. The van der Waals surface area contributed by atoms with Crippen LogP contribution < -0.4 is 0 Å². The van der Waals surface area contributed by atoms with Gasteiger partial charge in [0.25, 0.3) is 0 Å². The fraction of sp³-hybridized carbons (Fsp3) is 0.389. The normalized spacial score (nSPS) is 12.9. The molecule has 0 aliphatic rings. The number of terminal acetylenes is 1. The summed E-state index contributed by atoms with van der Waals surface area (Å²) in [4.78, 5) is 11.7. The van der Waals surface area contributed by atoms with Gasteiger partial charge in [-0.05, 0) is 44.4 Å². The van der Waals surface area contributed by atoms with Gasteiger partial charge >= 0.3 is 5.97 Å². The Morgan fingerprint density at radius 1 is 1.43 bits per heavy atom. The van der Waals surface area contributed by atoms with Gasteiger partial charge in [0.1, 0.15) is 11.4 Å². The summed E-state index contributed by atoms with van der Waals surface area (Å²) in [6.45, 7) is 5.68. The minimum Gasteiger partial charge on any atom is -0.457 e. The van der Waals surface area contributed by atoms with E-state index in [1.807, 2.05) is 20.8 Å². The van der Waals surface area contributed by atoms with Crippen molar-refractivity contribution in [2.75, 3.05) is 0 Å². The maximum atomic E-state index is 12.9. The Hall–Kier alpha value is -2.08. The predicted octanol–water partition coefficient (Wildman–Crippen LogP) is 4.22. The first-order valence-electron chi connectivity index (χ1n) is 6.99. The highest BCUT2D eigenvalue weighted by molar-refractivity contribution is 5.82. The lowest BCUT2D eigenvalue weighted by Crippen LogP contribution is -2.25. The van der Waals surface area contributed by atoms with E-state index in [0.717, 1.165) is 12.0 Å². The molecule has 1 aromatic carbocycles. The predicted molar refractivity (Wildman–Crippen MR) is 82.2 cm³/mol. The van der Waals surface area contributed by atoms with Crippen LogP contribution in [0.25, 0.3) is 0 Å². The number of rotatable bonds is 6. The smallest absolute Gasteiger partial charge is 0.330 e. The third kappa shape index (κ3) is 5.83. The molecule has 1 aromatic rings. The summed E-state index contributed by atoms with van der Waals surface area (Å²) in [6, 6.07) is 6.07. The molecule has 0 fully saturated rings. The van der Waals surface area contributed by atoms with Crippen molar-refractivity contribution >= 4 is 5.97 Å². The maximum Gasteiger partial charge on any atom is 0.330 e. The standard InChI is InChI=1S/C18H21FO2/c1-5-14(15-10-12-16(19)13-11-15)8-7-9-17(20)21-18(3,4)6-2/h1,7,9-14H,6,8H2,2-4H3/b9-7+/t14-/m0/s1. The molecule has 1 rings (SSSR count). The molecule has 0 saturated carbocycles. The number of hydrogen-bond acceptors (Lipinski definition) is 2. The van der Waals surface area contributed by atoms with Gasteiger partial charge in [-0.1, -0.05) is 31.1 Å². The summed E-state index contributed by atoms with van der Waals surface area (Å²) in [6.07, 6.45) is 9.83. The molecule has 112 valence electrons. The van der Waals surface area contributed by atoms with Gasteiger partial charge in [-0.2, -0.15) is 0 Å². The lowest BCUT2D eigenvalue weighted by atomic mass is 9.96. The summed E-state index contributed by atoms with van der Waals surface area (Å²) >= 11 is 0. The Balaban J connectivity index is 2.60. The van der Waals surface area contributed by atoms with Crippen LogP contribution in [0.1, 0.15) is 45.1 Å². The van der Waals surface area contributed by atoms with E-state index in [0.29, 0.717) is 6.42 Å². The van der Waals surface area contributed by atoms with Crippen LogP contribution in [0.3, 0.4) is 0 Å². The van der Waals surface area contributed by atoms with E-state index in [9.17, 15) is 9.18 Å². The van der Waals surface area contributed by atoms with Crippen LogP contribution in [-0.4, -0.2) is 11.6 Å². The van der Waals surface area contributed by atoms with E-state index in [1.54, 1.807) is 18.2 Å². The van der Waals surface area contributed by atoms with Crippen molar-refractivity contribution in [3.05, 3.63) is 47.8 Å². The van der Waals surface area contributed by atoms with Crippen molar-refractivity contribution in [2.45, 2.75) is 45.1 Å². The molecule has 0 N–H and O–H groups in total. The zero-order valence-electron chi connectivity index (χ0n) is 12.7. The van der Waals surface area contributed by atoms with Gasteiger partial charge in [0.15, 0.2) is 0 Å². The van der Waals surface area contributed by atoms with E-state index in [4.69, 9.17) is 11.2 Å². The summed E-state index contributed by atoms with van der Waals surface area (Å²) in [7, 11) is 0. The third-order valence-electron chi connectivity index (χ3n) is 3.33. The molecule has 0 heterocycles. The topological polar surface area (TPSA) is 26.3 Å². The molecule has 0 radical (unpaired) electrons. The van der Waals surface area contributed by atoms with Crippen LogP contribution in [-0.2, 0) is 9.53 Å². The van der Waals surface area contributed by atoms with Gasteiger partial charge in [0.05, 0.1) is 0 Å². The molecule has 21 heavy (non-hydrogen) atoms. The summed E-state index contributed by atoms with van der Waals surface area (Å²) < 4.78 is 18.2. The second-order valence-corrected chi connectivity index (χ2v) is 5.44. The van der Waals surface area contributed by atoms with Crippen molar-refractivity contribution in [1.29, 1.82) is 0 Å². The van der Waals surface area contributed by atoms with Crippen LogP contribution in [0.15, 0.2) is 36.4 Å². The summed E-state index contributed by atoms with van der Waals surface area (Å²) in [5.74, 6) is 1.78. The molecule has 0 aliphatic heterocycles. The van der Waals surface area contributed by atoms with Gasteiger partial charge in [0.2, 0.25) is 0 Å². The highest BCUT2D eigenvalue weighted by Crippen LogP contribution is 2.20. The number of allylic oxidation sites excluding steroid dienone is 1. The fourth-order valence-electron chi connectivity index (χ4n) is 1.67. The Kier molecular flexibility index (Phi) is 6.17. The average molecular weight is 288 g/mol. The number of esters is 1. The number of carbonyl (C=O) groups excluding carboxylic acids is 1. The third-order valence-corrected chi connectivity index (χ3v) is 3.33. The van der Waals surface area contributed by atoms with Crippen molar-refractivity contribution in [2.24, 2.45) is 0 Å². The monoisotopic (exact) mass is 288 g/mol. The van der Waals surface area contributed by atoms with Gasteiger partial charge in [0, 0.05) is 12.0 Å². The number of hydrogen-bond donors (Lipinski definition) is 0. The van der Waals surface area contributed by atoms with Crippen LogP contribution in [0.5, 0.6) is 0 Å². The van der Waals surface area contributed by atoms with E-state index in [2.05, 4.69) is 5.92 Å². The molecule has 0 unspecified atom stereocenters. The molecule has 0 bridgehead atoms. The molecular formula is C18H21FO2. The van der Waals surface area contributed by atoms with Gasteiger partial charge < -0.3 is 4.74 Å². The Morgan fingerprint density at radius 3 is 2.57 bits per heavy atom. The maximum absolute atomic E-state index is 12.9. The van der Waals surface area contributed by atoms with E-state index in [-0.39, 0.29) is 17.7 Å². The quantitative estimate of drug-likeness (QED) is 0.445. The van der Waals surface area contributed by atoms with Gasteiger partial charge in [-0.25, -0.2) is 9.18 Å². The SMILES string of the molecule is C#C[C@@H](C/C=C/C(=O)OC(C)(C)CC)c1ccc(F)cc1. The fourth-order valence-corrected chi connectivity index (χ4v) is 1.67. The van der Waals surface area contributed by atoms with E-state index >= 15 is 0 Å². The summed E-state index contributed by atoms with van der Waals surface area (Å²) in [5.41, 5.74) is 0.384. The number of carbonyl (C=O) groups is 1. The molecule has 0 amide bonds. The van der Waals surface area contributed by atoms with Crippen molar-refractivity contribution in [1.82, 2.24) is 0 Å². The van der Waals surface area contributed by atoms with Crippen molar-refractivity contribution in [3.8, 4) is 12.3 Å². The second-order valence-electron chi connectivity index (χ2n) is 5.44. The lowest BCUT2D eigenvalue weighted by molar-refractivity contribution is -0.150. The highest BCUT2D eigenvalue weighted by Gasteiger charge is 2.18. The minimum absolute atomic E-state index is 0.186. The Morgan fingerprint density at radius 2 is 2.05 bits per heavy atom. The first kappa shape index (κ1) is 17.0. The van der Waals surface area contributed by atoms with Crippen molar-refractivity contribution in [3.63, 3.8) is 0 Å². The molecule has 3 heteroatoms. The molecule has 0 aromatic heterocycles. The van der Waals surface area contributed by atoms with Crippen LogP contribution in [0, 0.1) is 18.2 Å². The highest BCUT2D eigenvalue weighted by atomic mass is 19.1. The first-order chi connectivity index (χ1) is 9.88. The largest absolute Gasteiger partial charge is 0.457 e. The molecule has 0 spiro atoms. The summed E-state index contributed by atoms with van der Waals surface area (Å²) in [5, 5.41) is 0. The number of halogens is 1. The minimum atomic E-state index is -0.468. The van der Waals surface area contributed by atoms with Crippen LogP contribution >= 0.6 is 0 Å². The van der Waals surface area contributed by atoms with Crippen LogP contribution in [0.4, 0.5) is 4.39 Å². The Bertz CT molecular complexity index is 535. The zero-order valence-corrected chi connectivity index (χ0v) is 12.7. The average Bonchev–Trinajstić information content (AvgIpc) is 2.44. The molecule has 0 aliphatic carbocycles.